The Labute approximate surface area is 178 Å². The van der Waals surface area contributed by atoms with Gasteiger partial charge in [-0.2, -0.15) is 0 Å². The van der Waals surface area contributed by atoms with Crippen LogP contribution in [0.5, 0.6) is 5.75 Å². The molecule has 2 atom stereocenters. The highest BCUT2D eigenvalue weighted by molar-refractivity contribution is 9.10. The van der Waals surface area contributed by atoms with Crippen LogP contribution in [0.2, 0.25) is 5.02 Å². The first-order valence-electron chi connectivity index (χ1n) is 8.92. The molecule has 1 aliphatic rings. The van der Waals surface area contributed by atoms with E-state index in [0.29, 0.717) is 23.7 Å². The molecule has 2 aromatic rings. The van der Waals surface area contributed by atoms with E-state index in [1.807, 2.05) is 24.3 Å². The fraction of sp³-hybridized carbons (Fsp3) is 0.350. The minimum Gasteiger partial charge on any atom is -0.479 e. The molecule has 1 amide bonds. The summed E-state index contributed by atoms with van der Waals surface area (Å²) in [5.41, 5.74) is 0.914. The summed E-state index contributed by atoms with van der Waals surface area (Å²) >= 11 is 9.56. The van der Waals surface area contributed by atoms with E-state index >= 15 is 0 Å². The van der Waals surface area contributed by atoms with E-state index in [9.17, 15) is 13.2 Å². The molecule has 1 fully saturated rings. The lowest BCUT2D eigenvalue weighted by Crippen LogP contribution is -2.46. The van der Waals surface area contributed by atoms with Crippen LogP contribution in [0.15, 0.2) is 53.0 Å². The normalized spacial score (nSPS) is 19.2. The van der Waals surface area contributed by atoms with Gasteiger partial charge in [0.2, 0.25) is 0 Å². The molecule has 0 aromatic heterocycles. The minimum atomic E-state index is -3.13. The number of hydrogen-bond acceptors (Lipinski definition) is 4. The molecule has 2 aromatic carbocycles. The van der Waals surface area contributed by atoms with Gasteiger partial charge in [-0.15, -0.1) is 0 Å². The van der Waals surface area contributed by atoms with E-state index < -0.39 is 15.9 Å². The van der Waals surface area contributed by atoms with Crippen molar-refractivity contribution in [3.8, 4) is 5.75 Å². The molecule has 1 saturated heterocycles. The second-order valence-corrected chi connectivity index (χ2v) is 10.4. The summed E-state index contributed by atoms with van der Waals surface area (Å²) in [5, 5.41) is 0.420. The first-order chi connectivity index (χ1) is 13.2. The van der Waals surface area contributed by atoms with Gasteiger partial charge in [-0.1, -0.05) is 51.8 Å². The Balaban J connectivity index is 1.82. The number of hydrogen-bond donors (Lipinski definition) is 0. The lowest BCUT2D eigenvalue weighted by atomic mass is 10.1. The summed E-state index contributed by atoms with van der Waals surface area (Å²) in [7, 11) is -3.13. The van der Waals surface area contributed by atoms with Crippen molar-refractivity contribution in [2.24, 2.45) is 0 Å². The van der Waals surface area contributed by atoms with Crippen LogP contribution in [0.1, 0.15) is 18.9 Å². The van der Waals surface area contributed by atoms with Crippen molar-refractivity contribution in [2.75, 3.05) is 11.5 Å². The molecule has 150 valence electrons. The van der Waals surface area contributed by atoms with E-state index in [1.165, 1.54) is 0 Å². The molecular weight excluding hydrogens is 466 g/mol. The maximum atomic E-state index is 13.2. The van der Waals surface area contributed by atoms with Crippen molar-refractivity contribution >= 4 is 43.3 Å². The number of para-hydroxylation sites is 1. The number of amides is 1. The summed E-state index contributed by atoms with van der Waals surface area (Å²) in [6.07, 6.45) is -0.365. The molecular formula is C20H21BrClNO4S. The van der Waals surface area contributed by atoms with Crippen LogP contribution in [0.4, 0.5) is 0 Å². The fourth-order valence-corrected chi connectivity index (χ4v) is 5.61. The van der Waals surface area contributed by atoms with Crippen LogP contribution < -0.4 is 4.74 Å². The number of sulfone groups is 1. The predicted octanol–water partition coefficient (Wildman–Crippen LogP) is 4.09. The standard InChI is InChI=1S/C20H21BrClNO4S/c1-14(27-19-8-3-2-7-18(19)22)20(24)23(17-9-10-28(25,26)13-17)12-15-5-4-6-16(21)11-15/h2-8,11,14,17H,9-10,12-13H2,1H3. The zero-order chi connectivity index (χ0) is 20.3. The van der Waals surface area contributed by atoms with Crippen LogP contribution in [-0.4, -0.2) is 42.9 Å². The fourth-order valence-electron chi connectivity index (χ4n) is 3.25. The van der Waals surface area contributed by atoms with E-state index in [2.05, 4.69) is 15.9 Å². The molecule has 3 rings (SSSR count). The van der Waals surface area contributed by atoms with Crippen molar-refractivity contribution in [1.82, 2.24) is 4.90 Å². The summed E-state index contributed by atoms with van der Waals surface area (Å²) in [6.45, 7) is 1.97. The van der Waals surface area contributed by atoms with E-state index in [0.717, 1.165) is 10.0 Å². The number of carbonyl (C=O) groups is 1. The Morgan fingerprint density at radius 1 is 1.29 bits per heavy atom. The quantitative estimate of drug-likeness (QED) is 0.617. The number of nitrogens with zero attached hydrogens (tertiary/aromatic N) is 1. The molecule has 1 aliphatic heterocycles. The average molecular weight is 487 g/mol. The monoisotopic (exact) mass is 485 g/mol. The molecule has 0 N–H and O–H groups in total. The number of carbonyl (C=O) groups excluding carboxylic acids is 1. The van der Waals surface area contributed by atoms with Gasteiger partial charge in [-0.25, -0.2) is 8.42 Å². The molecule has 28 heavy (non-hydrogen) atoms. The van der Waals surface area contributed by atoms with Crippen LogP contribution in [0.3, 0.4) is 0 Å². The second kappa shape index (κ2) is 8.84. The van der Waals surface area contributed by atoms with Gasteiger partial charge in [-0.05, 0) is 43.2 Å². The van der Waals surface area contributed by atoms with Gasteiger partial charge in [0, 0.05) is 17.1 Å². The van der Waals surface area contributed by atoms with Gasteiger partial charge < -0.3 is 9.64 Å². The van der Waals surface area contributed by atoms with Crippen molar-refractivity contribution in [3.63, 3.8) is 0 Å². The molecule has 0 spiro atoms. The number of halogens is 2. The number of benzene rings is 2. The highest BCUT2D eigenvalue weighted by Crippen LogP contribution is 2.26. The highest BCUT2D eigenvalue weighted by atomic mass is 79.9. The van der Waals surface area contributed by atoms with Crippen LogP contribution in [0.25, 0.3) is 0 Å². The molecule has 1 heterocycles. The lowest BCUT2D eigenvalue weighted by Gasteiger charge is -2.31. The van der Waals surface area contributed by atoms with Gasteiger partial charge in [0.1, 0.15) is 5.75 Å². The first kappa shape index (κ1) is 21.1. The maximum absolute atomic E-state index is 13.2. The third-order valence-electron chi connectivity index (χ3n) is 4.66. The maximum Gasteiger partial charge on any atom is 0.263 e. The van der Waals surface area contributed by atoms with Gasteiger partial charge in [0.15, 0.2) is 15.9 Å². The predicted molar refractivity (Wildman–Crippen MR) is 113 cm³/mol. The summed E-state index contributed by atoms with van der Waals surface area (Å²) in [4.78, 5) is 14.8. The SMILES string of the molecule is CC(Oc1ccccc1Cl)C(=O)N(Cc1cccc(Br)c1)C1CCS(=O)(=O)C1. The Hall–Kier alpha value is -1.57. The summed E-state index contributed by atoms with van der Waals surface area (Å²) in [6, 6.07) is 14.2. The summed E-state index contributed by atoms with van der Waals surface area (Å²) < 4.78 is 30.7. The average Bonchev–Trinajstić information content (AvgIpc) is 3.00. The largest absolute Gasteiger partial charge is 0.479 e. The molecule has 0 saturated carbocycles. The van der Waals surface area contributed by atoms with Crippen molar-refractivity contribution in [3.05, 3.63) is 63.6 Å². The topological polar surface area (TPSA) is 63.7 Å². The first-order valence-corrected chi connectivity index (χ1v) is 11.9. The smallest absolute Gasteiger partial charge is 0.263 e. The Kier molecular flexibility index (Phi) is 6.68. The van der Waals surface area contributed by atoms with Crippen LogP contribution in [0, 0.1) is 0 Å². The van der Waals surface area contributed by atoms with E-state index in [-0.39, 0.29) is 23.5 Å². The van der Waals surface area contributed by atoms with Crippen molar-refractivity contribution in [2.45, 2.75) is 32.0 Å². The van der Waals surface area contributed by atoms with Gasteiger partial charge in [0.05, 0.1) is 16.5 Å². The molecule has 8 heteroatoms. The van der Waals surface area contributed by atoms with Crippen LogP contribution in [-0.2, 0) is 21.2 Å². The lowest BCUT2D eigenvalue weighted by molar-refractivity contribution is -0.140. The minimum absolute atomic E-state index is 0.0223. The Morgan fingerprint density at radius 3 is 2.68 bits per heavy atom. The second-order valence-electron chi connectivity index (χ2n) is 6.84. The highest BCUT2D eigenvalue weighted by Gasteiger charge is 2.36. The molecule has 2 unspecified atom stereocenters. The van der Waals surface area contributed by atoms with E-state index in [4.69, 9.17) is 16.3 Å². The van der Waals surface area contributed by atoms with Crippen LogP contribution >= 0.6 is 27.5 Å². The molecule has 0 radical (unpaired) electrons. The van der Waals surface area contributed by atoms with Crippen molar-refractivity contribution < 1.29 is 17.9 Å². The third kappa shape index (κ3) is 5.27. The van der Waals surface area contributed by atoms with Gasteiger partial charge in [-0.3, -0.25) is 4.79 Å². The zero-order valence-electron chi connectivity index (χ0n) is 15.3. The molecule has 0 bridgehead atoms. The van der Waals surface area contributed by atoms with Crippen molar-refractivity contribution in [1.29, 1.82) is 0 Å². The molecule has 0 aliphatic carbocycles. The number of ether oxygens (including phenoxy) is 1. The third-order valence-corrected chi connectivity index (χ3v) is 7.22. The zero-order valence-corrected chi connectivity index (χ0v) is 18.5. The molecule has 5 nitrogen and oxygen atoms in total. The number of rotatable bonds is 6. The summed E-state index contributed by atoms with van der Waals surface area (Å²) in [5.74, 6) is 0.235. The van der Waals surface area contributed by atoms with E-state index in [1.54, 1.807) is 36.1 Å². The van der Waals surface area contributed by atoms with Gasteiger partial charge >= 0.3 is 0 Å². The van der Waals surface area contributed by atoms with Gasteiger partial charge in [0.25, 0.3) is 5.91 Å². The Morgan fingerprint density at radius 2 is 2.04 bits per heavy atom. The Bertz CT molecular complexity index is 966.